The molecule has 3 heteroatoms. The van der Waals surface area contributed by atoms with Gasteiger partial charge in [-0.2, -0.15) is 0 Å². The lowest BCUT2D eigenvalue weighted by molar-refractivity contribution is 0.386. The number of methoxy groups -OCH3 is 1. The molecule has 0 radical (unpaired) electrons. The fourth-order valence-corrected chi connectivity index (χ4v) is 1.74. The topological polar surface area (TPSA) is 21.3 Å². The molecule has 96 valence electrons. The second-order valence-electron chi connectivity index (χ2n) is 4.36. The summed E-state index contributed by atoms with van der Waals surface area (Å²) in [5.74, 6) is 0.0325. The minimum absolute atomic E-state index is 0.279. The Bertz CT molecular complexity index is 341. The minimum Gasteiger partial charge on any atom is -0.494 e. The molecule has 2 nitrogen and oxygen atoms in total. The lowest BCUT2D eigenvalue weighted by atomic mass is 10.1. The summed E-state index contributed by atoms with van der Waals surface area (Å²) in [5.41, 5.74) is 1.02. The highest BCUT2D eigenvalue weighted by Gasteiger charge is 2.05. The zero-order valence-electron chi connectivity index (χ0n) is 10.9. The van der Waals surface area contributed by atoms with Crippen LogP contribution in [0.2, 0.25) is 0 Å². The molecular weight excluding hydrogens is 217 g/mol. The van der Waals surface area contributed by atoms with Gasteiger partial charge in [0.05, 0.1) is 7.11 Å². The highest BCUT2D eigenvalue weighted by Crippen LogP contribution is 2.18. The molecule has 0 saturated carbocycles. The molecule has 0 fully saturated rings. The Balaban J connectivity index is 2.44. The molecule has 1 unspecified atom stereocenters. The number of nitrogens with one attached hydrogen (secondary N) is 1. The number of halogens is 1. The molecule has 0 aromatic heterocycles. The molecule has 0 amide bonds. The van der Waals surface area contributed by atoms with Crippen molar-refractivity contribution < 1.29 is 9.13 Å². The molecule has 17 heavy (non-hydrogen) atoms. The monoisotopic (exact) mass is 239 g/mol. The van der Waals surface area contributed by atoms with E-state index >= 15 is 0 Å². The molecule has 0 saturated heterocycles. The van der Waals surface area contributed by atoms with Gasteiger partial charge in [0.15, 0.2) is 11.6 Å². The van der Waals surface area contributed by atoms with E-state index < -0.39 is 0 Å². The van der Waals surface area contributed by atoms with Crippen LogP contribution in [0.5, 0.6) is 5.75 Å². The number of hydrogen-bond acceptors (Lipinski definition) is 2. The Labute approximate surface area is 103 Å². The van der Waals surface area contributed by atoms with E-state index in [4.69, 9.17) is 4.74 Å². The van der Waals surface area contributed by atoms with Gasteiger partial charge in [0.2, 0.25) is 0 Å². The molecule has 0 aliphatic carbocycles. The van der Waals surface area contributed by atoms with Gasteiger partial charge in [0, 0.05) is 6.04 Å². The van der Waals surface area contributed by atoms with Crippen molar-refractivity contribution in [2.75, 3.05) is 13.7 Å². The fraction of sp³-hybridized carbons (Fsp3) is 0.571. The van der Waals surface area contributed by atoms with Crippen molar-refractivity contribution in [3.63, 3.8) is 0 Å². The van der Waals surface area contributed by atoms with Crippen LogP contribution in [-0.4, -0.2) is 19.7 Å². The van der Waals surface area contributed by atoms with Crippen LogP contribution in [0.25, 0.3) is 0 Å². The van der Waals surface area contributed by atoms with Gasteiger partial charge >= 0.3 is 0 Å². The third-order valence-electron chi connectivity index (χ3n) is 2.83. The third-order valence-corrected chi connectivity index (χ3v) is 2.83. The zero-order chi connectivity index (χ0) is 12.7. The summed E-state index contributed by atoms with van der Waals surface area (Å²) in [6.45, 7) is 5.35. The van der Waals surface area contributed by atoms with Crippen LogP contribution in [0.15, 0.2) is 18.2 Å². The molecule has 1 rings (SSSR count). The van der Waals surface area contributed by atoms with Gasteiger partial charge in [-0.25, -0.2) is 4.39 Å². The first-order valence-electron chi connectivity index (χ1n) is 6.23. The van der Waals surface area contributed by atoms with E-state index in [9.17, 15) is 4.39 Å². The van der Waals surface area contributed by atoms with Crippen molar-refractivity contribution in [3.05, 3.63) is 29.6 Å². The summed E-state index contributed by atoms with van der Waals surface area (Å²) in [4.78, 5) is 0. The molecule has 0 heterocycles. The van der Waals surface area contributed by atoms with Gasteiger partial charge in [0.1, 0.15) is 0 Å². The Morgan fingerprint density at radius 2 is 2.18 bits per heavy atom. The molecule has 1 aromatic rings. The van der Waals surface area contributed by atoms with Crippen LogP contribution in [0, 0.1) is 5.82 Å². The maximum absolute atomic E-state index is 13.4. The van der Waals surface area contributed by atoms with Crippen molar-refractivity contribution in [1.29, 1.82) is 0 Å². The summed E-state index contributed by atoms with van der Waals surface area (Å²) in [6.07, 6.45) is 3.05. The predicted molar refractivity (Wildman–Crippen MR) is 69.0 cm³/mol. The minimum atomic E-state index is -0.279. The van der Waals surface area contributed by atoms with Crippen LogP contribution in [0.3, 0.4) is 0 Å². The average molecular weight is 239 g/mol. The second-order valence-corrected chi connectivity index (χ2v) is 4.36. The van der Waals surface area contributed by atoms with Gasteiger partial charge in [-0.05, 0) is 50.4 Å². The van der Waals surface area contributed by atoms with Crippen molar-refractivity contribution >= 4 is 0 Å². The molecule has 0 spiro atoms. The number of rotatable bonds is 7. The molecule has 0 aliphatic rings. The van der Waals surface area contributed by atoms with Crippen LogP contribution in [0.4, 0.5) is 4.39 Å². The SMILES string of the molecule is CCCNC(C)CCc1ccc(OC)c(F)c1. The van der Waals surface area contributed by atoms with E-state index in [1.54, 1.807) is 12.1 Å². The smallest absolute Gasteiger partial charge is 0.165 e. The molecule has 1 N–H and O–H groups in total. The van der Waals surface area contributed by atoms with Gasteiger partial charge in [-0.3, -0.25) is 0 Å². The van der Waals surface area contributed by atoms with Gasteiger partial charge in [0.25, 0.3) is 0 Å². The standard InChI is InChI=1S/C14H22FNO/c1-4-9-16-11(2)5-6-12-7-8-14(17-3)13(15)10-12/h7-8,10-11,16H,4-6,9H2,1-3H3. The Hall–Kier alpha value is -1.09. The summed E-state index contributed by atoms with van der Waals surface area (Å²) in [6, 6.07) is 5.65. The highest BCUT2D eigenvalue weighted by atomic mass is 19.1. The number of benzene rings is 1. The Morgan fingerprint density at radius 3 is 2.76 bits per heavy atom. The van der Waals surface area contributed by atoms with Crippen molar-refractivity contribution in [2.24, 2.45) is 0 Å². The van der Waals surface area contributed by atoms with E-state index in [-0.39, 0.29) is 5.82 Å². The van der Waals surface area contributed by atoms with Crippen LogP contribution < -0.4 is 10.1 Å². The fourth-order valence-electron chi connectivity index (χ4n) is 1.74. The van der Waals surface area contributed by atoms with Crippen molar-refractivity contribution in [2.45, 2.75) is 39.2 Å². The first-order chi connectivity index (χ1) is 8.17. The van der Waals surface area contributed by atoms with Gasteiger partial charge in [-0.1, -0.05) is 13.0 Å². The first-order valence-corrected chi connectivity index (χ1v) is 6.23. The largest absolute Gasteiger partial charge is 0.494 e. The van der Waals surface area contributed by atoms with E-state index in [0.29, 0.717) is 11.8 Å². The molecular formula is C14H22FNO. The van der Waals surface area contributed by atoms with E-state index in [2.05, 4.69) is 19.2 Å². The predicted octanol–water partition coefficient (Wildman–Crippen LogP) is 3.16. The first kappa shape index (κ1) is 14.0. The van der Waals surface area contributed by atoms with Crippen LogP contribution in [-0.2, 0) is 6.42 Å². The summed E-state index contributed by atoms with van der Waals surface area (Å²) < 4.78 is 18.3. The van der Waals surface area contributed by atoms with Gasteiger partial charge in [-0.15, -0.1) is 0 Å². The zero-order valence-corrected chi connectivity index (χ0v) is 10.9. The highest BCUT2D eigenvalue weighted by molar-refractivity contribution is 5.29. The summed E-state index contributed by atoms with van der Waals surface area (Å²) in [7, 11) is 1.48. The van der Waals surface area contributed by atoms with Crippen LogP contribution >= 0.6 is 0 Å². The van der Waals surface area contributed by atoms with Crippen LogP contribution in [0.1, 0.15) is 32.3 Å². The molecule has 0 aliphatic heterocycles. The third kappa shape index (κ3) is 4.73. The quantitative estimate of drug-likeness (QED) is 0.789. The maximum atomic E-state index is 13.4. The second kappa shape index (κ2) is 7.28. The number of aryl methyl sites for hydroxylation is 1. The molecule has 1 atom stereocenters. The van der Waals surface area contributed by atoms with Crippen molar-refractivity contribution in [1.82, 2.24) is 5.32 Å². The van der Waals surface area contributed by atoms with E-state index in [1.165, 1.54) is 7.11 Å². The Morgan fingerprint density at radius 1 is 1.41 bits per heavy atom. The van der Waals surface area contributed by atoms with E-state index in [1.807, 2.05) is 6.07 Å². The van der Waals surface area contributed by atoms with E-state index in [0.717, 1.165) is 31.4 Å². The lowest BCUT2D eigenvalue weighted by Crippen LogP contribution is -2.27. The summed E-state index contributed by atoms with van der Waals surface area (Å²) in [5, 5.41) is 3.42. The number of hydrogen-bond donors (Lipinski definition) is 1. The normalized spacial score (nSPS) is 12.5. The molecule has 1 aromatic carbocycles. The van der Waals surface area contributed by atoms with Gasteiger partial charge < -0.3 is 10.1 Å². The number of ether oxygens (including phenoxy) is 1. The Kier molecular flexibility index (Phi) is 5.98. The average Bonchev–Trinajstić information content (AvgIpc) is 2.34. The summed E-state index contributed by atoms with van der Waals surface area (Å²) >= 11 is 0. The lowest BCUT2D eigenvalue weighted by Gasteiger charge is -2.13. The molecule has 0 bridgehead atoms. The van der Waals surface area contributed by atoms with Crippen molar-refractivity contribution in [3.8, 4) is 5.75 Å². The maximum Gasteiger partial charge on any atom is 0.165 e.